The summed E-state index contributed by atoms with van der Waals surface area (Å²) in [6.45, 7) is -0.647. The van der Waals surface area contributed by atoms with E-state index in [9.17, 15) is 19.9 Å². The Morgan fingerprint density at radius 2 is 1.73 bits per heavy atom. The van der Waals surface area contributed by atoms with E-state index < -0.39 is 45.1 Å². The molecule has 0 radical (unpaired) electrons. The fraction of sp³-hybridized carbons (Fsp3) is 0.316. The van der Waals surface area contributed by atoms with E-state index in [-0.39, 0.29) is 10.8 Å². The van der Waals surface area contributed by atoms with E-state index in [0.717, 1.165) is 11.1 Å². The summed E-state index contributed by atoms with van der Waals surface area (Å²) in [6.07, 6.45) is -7.63. The molecule has 1 saturated heterocycles. The van der Waals surface area contributed by atoms with Gasteiger partial charge in [0.05, 0.1) is 23.3 Å². The first-order valence-electron chi connectivity index (χ1n) is 9.50. The monoisotopic (exact) mass is 503 g/mol. The van der Waals surface area contributed by atoms with Crippen molar-refractivity contribution >= 4 is 19.4 Å². The molecule has 12 nitrogen and oxygen atoms in total. The molecule has 2 aromatic carbocycles. The van der Waals surface area contributed by atoms with E-state index >= 15 is 0 Å². The van der Waals surface area contributed by atoms with Crippen molar-refractivity contribution in [1.29, 1.82) is 5.26 Å². The molecule has 0 aromatic heterocycles. The molecule has 0 bridgehead atoms. The topological polar surface area (TPSA) is 203 Å². The Morgan fingerprint density at radius 1 is 1.09 bits per heavy atom. The normalized spacial score (nSPS) is 25.4. The van der Waals surface area contributed by atoms with Gasteiger partial charge in [-0.25, -0.2) is 16.4 Å². The summed E-state index contributed by atoms with van der Waals surface area (Å²) in [5.41, 5.74) is 2.05. The van der Waals surface area contributed by atoms with Crippen LogP contribution in [-0.2, 0) is 23.1 Å². The number of hydrogen-bond donors (Lipinski definition) is 5. The number of aliphatic hydroxyl groups excluding tert-OH is 3. The second kappa shape index (κ2) is 10.9. The van der Waals surface area contributed by atoms with Crippen LogP contribution in [0.15, 0.2) is 42.5 Å². The van der Waals surface area contributed by atoms with Crippen molar-refractivity contribution in [3.05, 3.63) is 53.1 Å². The quantitative estimate of drug-likeness (QED) is 0.231. The molecule has 0 amide bonds. The molecule has 1 heterocycles. The highest BCUT2D eigenvalue weighted by Gasteiger charge is 2.51. The Morgan fingerprint density at radius 3 is 2.27 bits per heavy atom. The second-order valence-electron chi connectivity index (χ2n) is 6.93. The highest BCUT2D eigenvalue weighted by Crippen LogP contribution is 2.48. The summed E-state index contributed by atoms with van der Waals surface area (Å²) in [7, 11) is -4.32. The van der Waals surface area contributed by atoms with Crippen molar-refractivity contribution in [3.63, 3.8) is 0 Å². The van der Waals surface area contributed by atoms with Crippen LogP contribution >= 0.6 is 19.4 Å². The van der Waals surface area contributed by atoms with Crippen molar-refractivity contribution in [3.8, 4) is 22.9 Å². The van der Waals surface area contributed by atoms with Gasteiger partial charge in [-0.05, 0) is 35.4 Å². The van der Waals surface area contributed by atoms with Crippen molar-refractivity contribution in [2.45, 2.75) is 30.7 Å². The van der Waals surface area contributed by atoms with Gasteiger partial charge in [0.2, 0.25) is 6.29 Å². The molecule has 0 unspecified atom stereocenters. The molecular formula is C19H23ClN3O9P+2. The van der Waals surface area contributed by atoms with Gasteiger partial charge in [-0.15, -0.1) is 0 Å². The number of benzene rings is 2. The zero-order valence-corrected chi connectivity index (χ0v) is 18.8. The number of nitriles is 1. The molecule has 33 heavy (non-hydrogen) atoms. The molecular weight excluding hydrogens is 481 g/mol. The largest absolute Gasteiger partial charge is 0.567 e. The summed E-state index contributed by atoms with van der Waals surface area (Å²) >= 11 is 6.37. The predicted octanol–water partition coefficient (Wildman–Crippen LogP) is -0.463. The molecule has 1 aliphatic rings. The summed E-state index contributed by atoms with van der Waals surface area (Å²) in [6, 6.07) is 13.7. The van der Waals surface area contributed by atoms with Gasteiger partial charge in [0, 0.05) is 0 Å². The van der Waals surface area contributed by atoms with E-state index in [4.69, 9.17) is 30.9 Å². The lowest BCUT2D eigenvalue weighted by Gasteiger charge is -2.41. The molecule has 0 aliphatic carbocycles. The number of ether oxygens (including phenoxy) is 2. The van der Waals surface area contributed by atoms with Gasteiger partial charge in [0.1, 0.15) is 24.1 Å². The minimum Gasteiger partial charge on any atom is -0.460 e. The molecule has 1 aliphatic heterocycles. The van der Waals surface area contributed by atoms with Crippen LogP contribution in [0.5, 0.6) is 5.75 Å². The van der Waals surface area contributed by atoms with Gasteiger partial charge >= 0.3 is 7.82 Å². The lowest BCUT2D eigenvalue weighted by molar-refractivity contribution is -0.684. The Balaban J connectivity index is 1.87. The summed E-state index contributed by atoms with van der Waals surface area (Å²) < 4.78 is 37.6. The number of hydrogen-bond acceptors (Lipinski definition) is 10. The summed E-state index contributed by atoms with van der Waals surface area (Å²) in [4.78, 5) is 0. The van der Waals surface area contributed by atoms with Crippen LogP contribution in [0.4, 0.5) is 0 Å². The first kappa shape index (κ1) is 25.5. The molecule has 9 N–H and O–H groups in total. The molecule has 0 spiro atoms. The number of halogens is 1. The third kappa shape index (κ3) is 5.70. The van der Waals surface area contributed by atoms with Gasteiger partial charge in [0.25, 0.3) is 0 Å². The van der Waals surface area contributed by atoms with Crippen molar-refractivity contribution in [2.24, 2.45) is 0 Å². The molecule has 0 saturated carbocycles. The zero-order chi connectivity index (χ0) is 24.2. The van der Waals surface area contributed by atoms with Crippen LogP contribution in [0.2, 0.25) is 5.02 Å². The van der Waals surface area contributed by atoms with Crippen LogP contribution in [0.3, 0.4) is 0 Å². The van der Waals surface area contributed by atoms with Gasteiger partial charge in [-0.3, -0.25) is 4.52 Å². The second-order valence-corrected chi connectivity index (χ2v) is 8.96. The van der Waals surface area contributed by atoms with Crippen LogP contribution in [0.25, 0.3) is 11.1 Å². The minimum atomic E-state index is -4.32. The Labute approximate surface area is 193 Å². The zero-order valence-electron chi connectivity index (χ0n) is 17.1. The molecule has 2 aromatic rings. The number of aliphatic hydroxyl groups is 3. The summed E-state index contributed by atoms with van der Waals surface area (Å²) in [5, 5.41) is 39.2. The fourth-order valence-electron chi connectivity index (χ4n) is 3.15. The molecule has 5 atom stereocenters. The lowest BCUT2D eigenvalue weighted by Crippen LogP contribution is -2.62. The SMILES string of the molecule is N#Cc1ccc(-c2ccc(O[C@H]3O[C@H](CO)[C@@H](O)[C@H](O)[C@@H]3OP(=O)(O[NH3+])O[NH3+])c(Cl)c2)cc1. The predicted molar refractivity (Wildman–Crippen MR) is 110 cm³/mol. The van der Waals surface area contributed by atoms with E-state index in [1.54, 1.807) is 36.4 Å². The lowest BCUT2D eigenvalue weighted by atomic mass is 9.99. The first-order valence-corrected chi connectivity index (χ1v) is 11.3. The van der Waals surface area contributed by atoms with Gasteiger partial charge in [-0.2, -0.15) is 5.26 Å². The van der Waals surface area contributed by atoms with Gasteiger partial charge in [-0.1, -0.05) is 39.0 Å². The minimum absolute atomic E-state index is 0.105. The van der Waals surface area contributed by atoms with Crippen LogP contribution < -0.4 is 16.5 Å². The Hall–Kier alpha value is -2.11. The Bertz CT molecular complexity index is 1040. The first-order chi connectivity index (χ1) is 15.7. The van der Waals surface area contributed by atoms with E-state index in [1.807, 2.05) is 6.07 Å². The number of quaternary nitrogens is 2. The van der Waals surface area contributed by atoms with Gasteiger partial charge in [0.15, 0.2) is 6.10 Å². The fourth-order valence-corrected chi connectivity index (χ4v) is 4.09. The Kier molecular flexibility index (Phi) is 8.41. The number of nitrogens with zero attached hydrogens (tertiary/aromatic N) is 1. The third-order valence-corrected chi connectivity index (χ3v) is 6.34. The average molecular weight is 504 g/mol. The summed E-state index contributed by atoms with van der Waals surface area (Å²) in [5.74, 6) is 6.07. The number of rotatable bonds is 8. The maximum absolute atomic E-state index is 12.3. The molecule has 14 heteroatoms. The number of phosphoric acid groups is 1. The van der Waals surface area contributed by atoms with Crippen molar-refractivity contribution in [2.75, 3.05) is 6.61 Å². The van der Waals surface area contributed by atoms with Crippen molar-refractivity contribution < 1.29 is 54.9 Å². The van der Waals surface area contributed by atoms with Crippen LogP contribution in [-0.4, -0.2) is 52.6 Å². The standard InChI is InChI=1S/C19H23ClN3O9P/c20-13-7-12(11-3-1-10(8-21)2-4-11)5-6-14(13)28-19-18(30-33(27,31-22)32-23)17(26)16(25)15(9-24)29-19/h1-7,15-19,24-26H,9H2,22-23H3/q+2/t15-,16-,17+,18+,19+/m1/s1. The van der Waals surface area contributed by atoms with Crippen LogP contribution in [0, 0.1) is 11.3 Å². The third-order valence-electron chi connectivity index (χ3n) is 4.91. The van der Waals surface area contributed by atoms with E-state index in [0.29, 0.717) is 5.56 Å². The van der Waals surface area contributed by atoms with Crippen molar-refractivity contribution in [1.82, 2.24) is 0 Å². The highest BCUT2D eigenvalue weighted by atomic mass is 35.5. The average Bonchev–Trinajstić information content (AvgIpc) is 2.84. The smallest absolute Gasteiger partial charge is 0.460 e. The van der Waals surface area contributed by atoms with E-state index in [1.165, 1.54) is 6.07 Å². The maximum atomic E-state index is 12.3. The highest BCUT2D eigenvalue weighted by molar-refractivity contribution is 7.48. The van der Waals surface area contributed by atoms with E-state index in [2.05, 4.69) is 21.0 Å². The van der Waals surface area contributed by atoms with Gasteiger partial charge < -0.3 is 24.8 Å². The van der Waals surface area contributed by atoms with Crippen LogP contribution in [0.1, 0.15) is 5.56 Å². The molecule has 1 fully saturated rings. The maximum Gasteiger partial charge on any atom is 0.567 e. The molecule has 3 rings (SSSR count). The molecule has 178 valence electrons.